The van der Waals surface area contributed by atoms with E-state index in [-0.39, 0.29) is 0 Å². The maximum atomic E-state index is 12.3. The lowest BCUT2D eigenvalue weighted by atomic mass is 9.83. The summed E-state index contributed by atoms with van der Waals surface area (Å²) in [5.41, 5.74) is 0.942. The fraction of sp³-hybridized carbons (Fsp3) is 0.625. The van der Waals surface area contributed by atoms with Crippen LogP contribution in [0, 0.1) is 11.8 Å². The van der Waals surface area contributed by atoms with E-state index in [4.69, 9.17) is 0 Å². The molecule has 4 nitrogen and oxygen atoms in total. The minimum Gasteiger partial charge on any atom is -0.385 e. The lowest BCUT2D eigenvalue weighted by molar-refractivity contribution is 0.290. The molecule has 118 valence electrons. The highest BCUT2D eigenvalue weighted by Crippen LogP contribution is 2.28. The summed E-state index contributed by atoms with van der Waals surface area (Å²) in [6, 6.07) is 6.92. The van der Waals surface area contributed by atoms with Gasteiger partial charge in [-0.15, -0.1) is 0 Å². The monoisotopic (exact) mass is 310 g/mol. The molecule has 5 heteroatoms. The molecule has 0 amide bonds. The smallest absolute Gasteiger partial charge is 0.240 e. The number of hydrogen-bond acceptors (Lipinski definition) is 3. The molecular weight excluding hydrogens is 284 g/mol. The highest BCUT2D eigenvalue weighted by Gasteiger charge is 2.21. The van der Waals surface area contributed by atoms with E-state index in [1.807, 2.05) is 6.92 Å². The van der Waals surface area contributed by atoms with Gasteiger partial charge in [-0.25, -0.2) is 13.1 Å². The Morgan fingerprint density at radius 3 is 2.29 bits per heavy atom. The van der Waals surface area contributed by atoms with Crippen LogP contribution < -0.4 is 10.0 Å². The van der Waals surface area contributed by atoms with Gasteiger partial charge in [0, 0.05) is 18.8 Å². The van der Waals surface area contributed by atoms with Crippen LogP contribution in [0.4, 0.5) is 5.69 Å². The molecule has 1 aromatic rings. The van der Waals surface area contributed by atoms with Crippen LogP contribution in [0.2, 0.25) is 0 Å². The van der Waals surface area contributed by atoms with Gasteiger partial charge in [0.05, 0.1) is 4.90 Å². The fourth-order valence-electron chi connectivity index (χ4n) is 2.80. The fourth-order valence-corrected chi connectivity index (χ4v) is 3.92. The Hall–Kier alpha value is -1.07. The first-order valence-corrected chi connectivity index (χ1v) is 9.33. The maximum absolute atomic E-state index is 12.3. The summed E-state index contributed by atoms with van der Waals surface area (Å²) in [6.45, 7) is 5.66. The van der Waals surface area contributed by atoms with Gasteiger partial charge < -0.3 is 5.32 Å². The van der Waals surface area contributed by atoms with Crippen molar-refractivity contribution in [2.24, 2.45) is 11.8 Å². The van der Waals surface area contributed by atoms with Gasteiger partial charge >= 0.3 is 0 Å². The van der Waals surface area contributed by atoms with Crippen LogP contribution in [0.3, 0.4) is 0 Å². The molecule has 2 N–H and O–H groups in total. The Morgan fingerprint density at radius 1 is 1.10 bits per heavy atom. The van der Waals surface area contributed by atoms with Crippen LogP contribution in [0.1, 0.15) is 39.5 Å². The highest BCUT2D eigenvalue weighted by molar-refractivity contribution is 7.89. The van der Waals surface area contributed by atoms with E-state index in [9.17, 15) is 8.42 Å². The average Bonchev–Trinajstić information content (AvgIpc) is 2.48. The number of hydrogen-bond donors (Lipinski definition) is 2. The normalized spacial score (nSPS) is 23.0. The first kappa shape index (κ1) is 16.3. The van der Waals surface area contributed by atoms with Crippen molar-refractivity contribution >= 4 is 15.7 Å². The summed E-state index contributed by atoms with van der Waals surface area (Å²) in [6.07, 6.45) is 4.68. The molecule has 1 aliphatic carbocycles. The van der Waals surface area contributed by atoms with Gasteiger partial charge in [0.1, 0.15) is 0 Å². The molecule has 0 saturated heterocycles. The van der Waals surface area contributed by atoms with Crippen molar-refractivity contribution in [3.05, 3.63) is 24.3 Å². The molecule has 0 heterocycles. The first-order valence-electron chi connectivity index (χ1n) is 7.85. The lowest BCUT2D eigenvalue weighted by Gasteiger charge is -2.26. The molecule has 0 aromatic heterocycles. The SMILES string of the molecule is CCNc1ccc(S(=O)(=O)NCC2CCC(C)CC2)cc1. The second-order valence-electron chi connectivity index (χ2n) is 6.03. The topological polar surface area (TPSA) is 58.2 Å². The predicted molar refractivity (Wildman–Crippen MR) is 86.9 cm³/mol. The zero-order valence-electron chi connectivity index (χ0n) is 12.9. The third kappa shape index (κ3) is 4.71. The predicted octanol–water partition coefficient (Wildman–Crippen LogP) is 3.22. The van der Waals surface area contributed by atoms with Crippen LogP contribution in [0.15, 0.2) is 29.2 Å². The molecule has 0 bridgehead atoms. The summed E-state index contributed by atoms with van der Waals surface area (Å²) in [5.74, 6) is 1.27. The second kappa shape index (κ2) is 7.27. The average molecular weight is 310 g/mol. The summed E-state index contributed by atoms with van der Waals surface area (Å²) < 4.78 is 27.3. The van der Waals surface area contributed by atoms with Crippen LogP contribution in [-0.2, 0) is 10.0 Å². The molecule has 0 spiro atoms. The van der Waals surface area contributed by atoms with Gasteiger partial charge in [0.25, 0.3) is 0 Å². The van der Waals surface area contributed by atoms with Crippen LogP contribution in [-0.4, -0.2) is 21.5 Å². The van der Waals surface area contributed by atoms with Gasteiger partial charge in [-0.3, -0.25) is 0 Å². The Kier molecular flexibility index (Phi) is 5.65. The number of benzene rings is 1. The van der Waals surface area contributed by atoms with E-state index in [0.29, 0.717) is 17.4 Å². The highest BCUT2D eigenvalue weighted by atomic mass is 32.2. The lowest BCUT2D eigenvalue weighted by Crippen LogP contribution is -2.31. The van der Waals surface area contributed by atoms with Crippen molar-refractivity contribution < 1.29 is 8.42 Å². The van der Waals surface area contributed by atoms with E-state index in [1.54, 1.807) is 24.3 Å². The molecule has 1 fully saturated rings. The molecule has 0 radical (unpaired) electrons. The van der Waals surface area contributed by atoms with E-state index < -0.39 is 10.0 Å². The quantitative estimate of drug-likeness (QED) is 0.848. The second-order valence-corrected chi connectivity index (χ2v) is 7.80. The third-order valence-electron chi connectivity index (χ3n) is 4.24. The van der Waals surface area contributed by atoms with Gasteiger partial charge in [-0.05, 0) is 55.9 Å². The summed E-state index contributed by atoms with van der Waals surface area (Å²) in [4.78, 5) is 0.341. The zero-order valence-corrected chi connectivity index (χ0v) is 13.7. The summed E-state index contributed by atoms with van der Waals surface area (Å²) in [7, 11) is -3.38. The molecule has 1 saturated carbocycles. The van der Waals surface area contributed by atoms with E-state index in [1.165, 1.54) is 12.8 Å². The molecule has 1 aliphatic rings. The van der Waals surface area contributed by atoms with Crippen molar-refractivity contribution in [2.75, 3.05) is 18.4 Å². The largest absolute Gasteiger partial charge is 0.385 e. The van der Waals surface area contributed by atoms with Gasteiger partial charge in [0.2, 0.25) is 10.0 Å². The van der Waals surface area contributed by atoms with E-state index in [0.717, 1.165) is 31.0 Å². The standard InChI is InChI=1S/C16H26N2O2S/c1-3-17-15-8-10-16(11-9-15)21(19,20)18-12-14-6-4-13(2)5-7-14/h8-11,13-14,17-18H,3-7,12H2,1-2H3. The molecule has 21 heavy (non-hydrogen) atoms. The number of sulfonamides is 1. The number of nitrogens with one attached hydrogen (secondary N) is 2. The van der Waals surface area contributed by atoms with Crippen LogP contribution in [0.5, 0.6) is 0 Å². The molecule has 2 rings (SSSR count). The summed E-state index contributed by atoms with van der Waals surface area (Å²) >= 11 is 0. The van der Waals surface area contributed by atoms with Crippen molar-refractivity contribution in [3.8, 4) is 0 Å². The maximum Gasteiger partial charge on any atom is 0.240 e. The molecule has 0 atom stereocenters. The third-order valence-corrected chi connectivity index (χ3v) is 5.68. The Balaban J connectivity index is 1.91. The van der Waals surface area contributed by atoms with Crippen molar-refractivity contribution in [3.63, 3.8) is 0 Å². The van der Waals surface area contributed by atoms with Crippen molar-refractivity contribution in [1.29, 1.82) is 0 Å². The van der Waals surface area contributed by atoms with Crippen LogP contribution >= 0.6 is 0 Å². The van der Waals surface area contributed by atoms with Crippen molar-refractivity contribution in [2.45, 2.75) is 44.4 Å². The molecule has 0 unspecified atom stereocenters. The first-order chi connectivity index (χ1) is 10.0. The van der Waals surface area contributed by atoms with Crippen LogP contribution in [0.25, 0.3) is 0 Å². The Morgan fingerprint density at radius 2 is 1.71 bits per heavy atom. The van der Waals surface area contributed by atoms with Gasteiger partial charge in [-0.1, -0.05) is 19.8 Å². The molecule has 0 aliphatic heterocycles. The number of rotatable bonds is 6. The Bertz CT molecular complexity index is 532. The van der Waals surface area contributed by atoms with Gasteiger partial charge in [0.15, 0.2) is 0 Å². The number of anilines is 1. The van der Waals surface area contributed by atoms with Gasteiger partial charge in [-0.2, -0.15) is 0 Å². The zero-order chi connectivity index (χ0) is 15.3. The van der Waals surface area contributed by atoms with E-state index in [2.05, 4.69) is 17.0 Å². The minimum atomic E-state index is -3.38. The molecular formula is C16H26N2O2S. The molecule has 1 aromatic carbocycles. The Labute approximate surface area is 128 Å². The minimum absolute atomic E-state index is 0.341. The summed E-state index contributed by atoms with van der Waals surface area (Å²) in [5, 5.41) is 3.16. The van der Waals surface area contributed by atoms with E-state index >= 15 is 0 Å². The van der Waals surface area contributed by atoms with Crippen molar-refractivity contribution in [1.82, 2.24) is 4.72 Å².